The summed E-state index contributed by atoms with van der Waals surface area (Å²) < 4.78 is 19.0. The standard InChI is InChI=1S/C17H17N3O3/c1-8-5-10-14(12-7-13(18)20(3)19-12)15-11(6-9(2)22-15)16(21-4)17(10)23-8/h5-7H,18H2,1-4H3. The fraction of sp³-hybridized carbons (Fsp3) is 0.235. The van der Waals surface area contributed by atoms with Gasteiger partial charge in [-0.1, -0.05) is 0 Å². The number of hydrogen-bond acceptors (Lipinski definition) is 5. The molecule has 0 saturated carbocycles. The number of benzene rings is 1. The first-order valence-corrected chi connectivity index (χ1v) is 7.29. The van der Waals surface area contributed by atoms with Crippen LogP contribution in [0.5, 0.6) is 5.75 Å². The van der Waals surface area contributed by atoms with Crippen molar-refractivity contribution in [3.63, 3.8) is 0 Å². The monoisotopic (exact) mass is 311 g/mol. The molecule has 0 spiro atoms. The highest BCUT2D eigenvalue weighted by Gasteiger charge is 2.24. The van der Waals surface area contributed by atoms with E-state index >= 15 is 0 Å². The molecule has 2 N–H and O–H groups in total. The number of fused-ring (bicyclic) bond motifs is 2. The molecule has 3 heterocycles. The Morgan fingerprint density at radius 2 is 1.70 bits per heavy atom. The van der Waals surface area contributed by atoms with Crippen molar-refractivity contribution in [1.82, 2.24) is 9.78 Å². The lowest BCUT2D eigenvalue weighted by Crippen LogP contribution is -1.96. The van der Waals surface area contributed by atoms with Gasteiger partial charge in [0.25, 0.3) is 0 Å². The van der Waals surface area contributed by atoms with Crippen molar-refractivity contribution in [3.05, 3.63) is 29.7 Å². The summed E-state index contributed by atoms with van der Waals surface area (Å²) in [5.41, 5.74) is 8.99. The highest BCUT2D eigenvalue weighted by Crippen LogP contribution is 2.45. The number of nitrogens with zero attached hydrogens (tertiary/aromatic N) is 2. The molecule has 6 heteroatoms. The van der Waals surface area contributed by atoms with Crippen LogP contribution in [0, 0.1) is 13.8 Å². The van der Waals surface area contributed by atoms with Crippen molar-refractivity contribution in [3.8, 4) is 17.0 Å². The largest absolute Gasteiger partial charge is 0.492 e. The van der Waals surface area contributed by atoms with Crippen molar-refractivity contribution in [2.75, 3.05) is 12.8 Å². The van der Waals surface area contributed by atoms with Crippen LogP contribution < -0.4 is 10.5 Å². The minimum atomic E-state index is 0.584. The molecule has 1 aromatic carbocycles. The summed E-state index contributed by atoms with van der Waals surface area (Å²) in [6, 6.07) is 5.75. The summed E-state index contributed by atoms with van der Waals surface area (Å²) in [6.07, 6.45) is 0. The smallest absolute Gasteiger partial charge is 0.177 e. The van der Waals surface area contributed by atoms with Crippen LogP contribution in [0.2, 0.25) is 0 Å². The second kappa shape index (κ2) is 4.55. The number of nitrogen functional groups attached to an aromatic ring is 1. The average Bonchev–Trinajstić information content (AvgIpc) is 3.13. The molecule has 118 valence electrons. The molecule has 0 radical (unpaired) electrons. The van der Waals surface area contributed by atoms with E-state index in [-0.39, 0.29) is 0 Å². The zero-order valence-electron chi connectivity index (χ0n) is 13.4. The van der Waals surface area contributed by atoms with Gasteiger partial charge < -0.3 is 19.3 Å². The Morgan fingerprint density at radius 1 is 1.04 bits per heavy atom. The van der Waals surface area contributed by atoms with E-state index in [1.807, 2.05) is 39.1 Å². The maximum atomic E-state index is 5.95. The minimum Gasteiger partial charge on any atom is -0.492 e. The minimum absolute atomic E-state index is 0.584. The first-order chi connectivity index (χ1) is 11.0. The summed E-state index contributed by atoms with van der Waals surface area (Å²) in [6.45, 7) is 3.81. The molecule has 0 bridgehead atoms. The molecule has 0 unspecified atom stereocenters. The zero-order valence-corrected chi connectivity index (χ0v) is 13.4. The average molecular weight is 311 g/mol. The van der Waals surface area contributed by atoms with Crippen LogP contribution in [0.25, 0.3) is 33.2 Å². The Bertz CT molecular complexity index is 975. The van der Waals surface area contributed by atoms with E-state index in [1.54, 1.807) is 11.8 Å². The molecule has 0 aliphatic carbocycles. The molecule has 4 aromatic rings. The summed E-state index contributed by atoms with van der Waals surface area (Å²) >= 11 is 0. The molecule has 0 saturated heterocycles. The molecule has 4 rings (SSSR count). The molecule has 6 nitrogen and oxygen atoms in total. The zero-order chi connectivity index (χ0) is 16.3. The third kappa shape index (κ3) is 1.84. The van der Waals surface area contributed by atoms with Gasteiger partial charge in [0.05, 0.1) is 23.8 Å². The van der Waals surface area contributed by atoms with Crippen molar-refractivity contribution in [2.45, 2.75) is 13.8 Å². The molecule has 3 aromatic heterocycles. The van der Waals surface area contributed by atoms with Gasteiger partial charge in [-0.05, 0) is 26.0 Å². The quantitative estimate of drug-likeness (QED) is 0.609. The van der Waals surface area contributed by atoms with Crippen LogP contribution in [-0.2, 0) is 7.05 Å². The van der Waals surface area contributed by atoms with E-state index in [0.29, 0.717) is 17.2 Å². The number of ether oxygens (including phenoxy) is 1. The van der Waals surface area contributed by atoms with E-state index in [2.05, 4.69) is 5.10 Å². The predicted molar refractivity (Wildman–Crippen MR) is 88.6 cm³/mol. The third-order valence-corrected chi connectivity index (χ3v) is 4.03. The lowest BCUT2D eigenvalue weighted by atomic mass is 10.0. The molecule has 0 aliphatic heterocycles. The Kier molecular flexibility index (Phi) is 2.72. The van der Waals surface area contributed by atoms with Gasteiger partial charge in [-0.15, -0.1) is 0 Å². The van der Waals surface area contributed by atoms with Crippen LogP contribution >= 0.6 is 0 Å². The van der Waals surface area contributed by atoms with E-state index in [9.17, 15) is 0 Å². The number of anilines is 1. The number of aromatic nitrogens is 2. The van der Waals surface area contributed by atoms with Gasteiger partial charge in [0.1, 0.15) is 22.9 Å². The SMILES string of the molecule is COc1c2cc(C)oc2c(-c2cc(N)n(C)n2)c2cc(C)oc12. The molecule has 0 fully saturated rings. The van der Waals surface area contributed by atoms with Crippen molar-refractivity contribution in [1.29, 1.82) is 0 Å². The van der Waals surface area contributed by atoms with E-state index in [4.69, 9.17) is 19.3 Å². The Labute approximate surface area is 132 Å². The van der Waals surface area contributed by atoms with Gasteiger partial charge in [-0.2, -0.15) is 5.10 Å². The van der Waals surface area contributed by atoms with Gasteiger partial charge in [0, 0.05) is 18.5 Å². The third-order valence-electron chi connectivity index (χ3n) is 4.03. The van der Waals surface area contributed by atoms with E-state index < -0.39 is 0 Å². The maximum absolute atomic E-state index is 5.95. The predicted octanol–water partition coefficient (Wildman–Crippen LogP) is 3.79. The van der Waals surface area contributed by atoms with Crippen molar-refractivity contribution >= 4 is 27.8 Å². The first kappa shape index (κ1) is 13.8. The Hall–Kier alpha value is -2.89. The van der Waals surface area contributed by atoms with Crippen LogP contribution in [0.1, 0.15) is 11.5 Å². The van der Waals surface area contributed by atoms with Crippen LogP contribution in [-0.4, -0.2) is 16.9 Å². The topological polar surface area (TPSA) is 79.4 Å². The highest BCUT2D eigenvalue weighted by atomic mass is 16.5. The number of rotatable bonds is 2. The van der Waals surface area contributed by atoms with Gasteiger partial charge >= 0.3 is 0 Å². The molecule has 0 aliphatic rings. The number of nitrogens with two attached hydrogens (primary N) is 1. The van der Waals surface area contributed by atoms with Crippen LogP contribution in [0.15, 0.2) is 27.0 Å². The summed E-state index contributed by atoms with van der Waals surface area (Å²) in [4.78, 5) is 0. The molecule has 23 heavy (non-hydrogen) atoms. The number of aryl methyl sites for hydroxylation is 3. The van der Waals surface area contributed by atoms with Gasteiger partial charge in [-0.25, -0.2) is 0 Å². The molecular weight excluding hydrogens is 294 g/mol. The van der Waals surface area contributed by atoms with Crippen molar-refractivity contribution in [2.24, 2.45) is 7.05 Å². The van der Waals surface area contributed by atoms with Gasteiger partial charge in [-0.3, -0.25) is 4.68 Å². The number of furan rings is 2. The Morgan fingerprint density at radius 3 is 2.30 bits per heavy atom. The van der Waals surface area contributed by atoms with Gasteiger partial charge in [0.2, 0.25) is 0 Å². The summed E-state index contributed by atoms with van der Waals surface area (Å²) in [7, 11) is 3.44. The normalized spacial score (nSPS) is 11.7. The fourth-order valence-electron chi connectivity index (χ4n) is 3.04. The van der Waals surface area contributed by atoms with Crippen LogP contribution in [0.4, 0.5) is 5.82 Å². The van der Waals surface area contributed by atoms with Crippen molar-refractivity contribution < 1.29 is 13.6 Å². The highest BCUT2D eigenvalue weighted by molar-refractivity contribution is 6.13. The lowest BCUT2D eigenvalue weighted by Gasteiger charge is -2.06. The molecule has 0 amide bonds. The summed E-state index contributed by atoms with van der Waals surface area (Å²) in [5.74, 6) is 2.86. The number of methoxy groups -OCH3 is 1. The van der Waals surface area contributed by atoms with Crippen LogP contribution in [0.3, 0.4) is 0 Å². The number of hydrogen-bond donors (Lipinski definition) is 1. The first-order valence-electron chi connectivity index (χ1n) is 7.29. The molecule has 0 atom stereocenters. The lowest BCUT2D eigenvalue weighted by molar-refractivity contribution is 0.413. The fourth-order valence-corrected chi connectivity index (χ4v) is 3.04. The second-order valence-corrected chi connectivity index (χ2v) is 5.69. The van der Waals surface area contributed by atoms with E-state index in [1.165, 1.54) is 0 Å². The van der Waals surface area contributed by atoms with Gasteiger partial charge in [0.15, 0.2) is 11.3 Å². The summed E-state index contributed by atoms with van der Waals surface area (Å²) in [5, 5.41) is 6.27. The molecular formula is C17H17N3O3. The maximum Gasteiger partial charge on any atom is 0.177 e. The second-order valence-electron chi connectivity index (χ2n) is 5.69. The Balaban J connectivity index is 2.23. The van der Waals surface area contributed by atoms with E-state index in [0.717, 1.165) is 39.1 Å².